The number of fused-ring (bicyclic) bond motifs is 2. The number of imide groups is 1. The minimum absolute atomic E-state index is 0.108. The first-order chi connectivity index (χ1) is 16.5. The fourth-order valence-corrected chi connectivity index (χ4v) is 6.74. The van der Waals surface area contributed by atoms with E-state index in [1.807, 2.05) is 24.3 Å². The molecule has 6 rings (SSSR count). The average Bonchev–Trinajstić information content (AvgIpc) is 3.52. The summed E-state index contributed by atoms with van der Waals surface area (Å²) in [5.74, 6) is 0.612. The molecule has 3 aliphatic heterocycles. The van der Waals surface area contributed by atoms with Crippen molar-refractivity contribution in [1.82, 2.24) is 14.8 Å². The van der Waals surface area contributed by atoms with Crippen molar-refractivity contribution in [3.05, 3.63) is 45.9 Å². The van der Waals surface area contributed by atoms with Crippen molar-refractivity contribution in [3.8, 4) is 16.9 Å². The van der Waals surface area contributed by atoms with Gasteiger partial charge in [-0.25, -0.2) is 0 Å². The number of rotatable bonds is 4. The Balaban J connectivity index is 1.45. The fraction of sp³-hybridized carbons (Fsp3) is 0.400. The number of hydrogen-bond acceptors (Lipinski definition) is 7. The molecule has 5 heterocycles. The number of ether oxygens (including phenoxy) is 1. The zero-order valence-electron chi connectivity index (χ0n) is 18.6. The standard InChI is InChI=1S/C25H25ClN4O3S/c26-14-9-18(24-20(5-8-33-21(24)10-14)29-7-4-15(27)12-29)17-3-6-28-19-11-16(34-25(17)19)13-30-22(31)1-2-23(30)32/h3,6,9-11,15,20H,1-2,4-5,7-8,12-13,27H2/t15-,20+/m1/s1. The quantitative estimate of drug-likeness (QED) is 0.546. The Bertz CT molecular complexity index is 1290. The van der Waals surface area contributed by atoms with Gasteiger partial charge in [-0.15, -0.1) is 11.3 Å². The van der Waals surface area contributed by atoms with E-state index in [9.17, 15) is 9.59 Å². The van der Waals surface area contributed by atoms with Crippen LogP contribution in [-0.2, 0) is 16.1 Å². The highest BCUT2D eigenvalue weighted by atomic mass is 35.5. The molecule has 34 heavy (non-hydrogen) atoms. The molecule has 2 amide bonds. The first-order valence-corrected chi connectivity index (χ1v) is 12.8. The maximum atomic E-state index is 12.1. The van der Waals surface area contributed by atoms with Crippen molar-refractivity contribution in [1.29, 1.82) is 0 Å². The van der Waals surface area contributed by atoms with Gasteiger partial charge in [0, 0.05) is 71.7 Å². The van der Waals surface area contributed by atoms with Gasteiger partial charge in [0.2, 0.25) is 11.8 Å². The van der Waals surface area contributed by atoms with E-state index in [0.29, 0.717) is 31.0 Å². The van der Waals surface area contributed by atoms with Crippen LogP contribution in [-0.4, -0.2) is 52.3 Å². The lowest BCUT2D eigenvalue weighted by Crippen LogP contribution is -2.33. The van der Waals surface area contributed by atoms with Crippen molar-refractivity contribution >= 4 is 45.0 Å². The van der Waals surface area contributed by atoms with Gasteiger partial charge in [-0.1, -0.05) is 11.6 Å². The number of nitrogens with zero attached hydrogens (tertiary/aromatic N) is 3. The lowest BCUT2D eigenvalue weighted by atomic mass is 9.90. The second-order valence-corrected chi connectivity index (χ2v) is 10.8. The van der Waals surface area contributed by atoms with Crippen LogP contribution in [0.2, 0.25) is 5.02 Å². The highest BCUT2D eigenvalue weighted by molar-refractivity contribution is 7.19. The molecule has 3 aromatic rings. The van der Waals surface area contributed by atoms with Crippen molar-refractivity contribution < 1.29 is 14.3 Å². The first-order valence-electron chi connectivity index (χ1n) is 11.6. The van der Waals surface area contributed by atoms with Gasteiger partial charge in [-0.2, -0.15) is 0 Å². The maximum absolute atomic E-state index is 12.1. The number of hydrogen-bond donors (Lipinski definition) is 1. The molecule has 3 aliphatic rings. The van der Waals surface area contributed by atoms with E-state index in [1.54, 1.807) is 17.5 Å². The Kier molecular flexibility index (Phi) is 5.56. The summed E-state index contributed by atoms with van der Waals surface area (Å²) in [7, 11) is 0. The molecule has 2 fully saturated rings. The van der Waals surface area contributed by atoms with Crippen molar-refractivity contribution in [2.75, 3.05) is 19.7 Å². The van der Waals surface area contributed by atoms with Gasteiger partial charge in [0.25, 0.3) is 0 Å². The molecule has 0 bridgehead atoms. The summed E-state index contributed by atoms with van der Waals surface area (Å²) in [6.45, 7) is 2.79. The largest absolute Gasteiger partial charge is 0.493 e. The van der Waals surface area contributed by atoms with Gasteiger partial charge in [0.15, 0.2) is 0 Å². The molecule has 1 aromatic carbocycles. The number of halogens is 1. The van der Waals surface area contributed by atoms with Crippen LogP contribution in [0.1, 0.15) is 42.2 Å². The Morgan fingerprint density at radius 1 is 1.15 bits per heavy atom. The number of carbonyl (C=O) groups excluding carboxylic acids is 2. The second kappa shape index (κ2) is 8.61. The molecule has 2 N–H and O–H groups in total. The number of nitrogens with two attached hydrogens (primary N) is 1. The van der Waals surface area contributed by atoms with Crippen LogP contribution >= 0.6 is 22.9 Å². The third kappa shape index (κ3) is 3.79. The summed E-state index contributed by atoms with van der Waals surface area (Å²) in [6, 6.07) is 8.33. The molecule has 0 unspecified atom stereocenters. The molecule has 0 aliphatic carbocycles. The summed E-state index contributed by atoms with van der Waals surface area (Å²) in [6.07, 6.45) is 4.29. The molecule has 9 heteroatoms. The molecular weight excluding hydrogens is 472 g/mol. The van der Waals surface area contributed by atoms with Gasteiger partial charge >= 0.3 is 0 Å². The van der Waals surface area contributed by atoms with E-state index in [1.165, 1.54) is 4.90 Å². The SMILES string of the molecule is N[C@@H]1CCN([C@H]2CCOc3cc(Cl)cc(-c4ccnc5cc(CN6C(=O)CCC6=O)sc45)c32)C1. The summed E-state index contributed by atoms with van der Waals surface area (Å²) in [5, 5.41) is 0.627. The number of pyridine rings is 1. The minimum atomic E-state index is -0.108. The summed E-state index contributed by atoms with van der Waals surface area (Å²) in [5.41, 5.74) is 10.3. The molecule has 0 radical (unpaired) electrons. The Morgan fingerprint density at radius 2 is 1.97 bits per heavy atom. The Labute approximate surface area is 206 Å². The lowest BCUT2D eigenvalue weighted by Gasteiger charge is -2.35. The molecule has 0 saturated carbocycles. The van der Waals surface area contributed by atoms with E-state index in [2.05, 4.69) is 9.88 Å². The molecule has 2 saturated heterocycles. The van der Waals surface area contributed by atoms with Crippen LogP contribution in [0.4, 0.5) is 0 Å². The summed E-state index contributed by atoms with van der Waals surface area (Å²) in [4.78, 5) is 33.6. The summed E-state index contributed by atoms with van der Waals surface area (Å²) >= 11 is 8.13. The van der Waals surface area contributed by atoms with E-state index in [-0.39, 0.29) is 23.9 Å². The van der Waals surface area contributed by atoms with Crippen LogP contribution in [0.3, 0.4) is 0 Å². The average molecular weight is 497 g/mol. The Hall–Kier alpha value is -2.52. The van der Waals surface area contributed by atoms with Crippen LogP contribution < -0.4 is 10.5 Å². The van der Waals surface area contributed by atoms with Crippen molar-refractivity contribution in [3.63, 3.8) is 0 Å². The van der Waals surface area contributed by atoms with Gasteiger partial charge in [-0.3, -0.25) is 24.4 Å². The third-order valence-electron chi connectivity index (χ3n) is 7.01. The number of thiophene rings is 1. The van der Waals surface area contributed by atoms with Crippen molar-refractivity contribution in [2.24, 2.45) is 5.73 Å². The van der Waals surface area contributed by atoms with E-state index < -0.39 is 0 Å². The highest BCUT2D eigenvalue weighted by Crippen LogP contribution is 2.47. The highest BCUT2D eigenvalue weighted by Gasteiger charge is 2.34. The zero-order chi connectivity index (χ0) is 23.4. The number of carbonyl (C=O) groups is 2. The second-order valence-electron chi connectivity index (χ2n) is 9.22. The predicted molar refractivity (Wildman–Crippen MR) is 132 cm³/mol. The van der Waals surface area contributed by atoms with Gasteiger partial charge < -0.3 is 10.5 Å². The van der Waals surface area contributed by atoms with Crippen molar-refractivity contribution in [2.45, 2.75) is 44.3 Å². The summed E-state index contributed by atoms with van der Waals surface area (Å²) < 4.78 is 7.09. The normalized spacial score (nSPS) is 23.1. The monoisotopic (exact) mass is 496 g/mol. The van der Waals surface area contributed by atoms with Crippen LogP contribution in [0.25, 0.3) is 21.3 Å². The van der Waals surface area contributed by atoms with E-state index >= 15 is 0 Å². The number of amides is 2. The van der Waals surface area contributed by atoms with Gasteiger partial charge in [-0.05, 0) is 36.2 Å². The van der Waals surface area contributed by atoms with Crippen LogP contribution in [0.15, 0.2) is 30.5 Å². The molecule has 7 nitrogen and oxygen atoms in total. The lowest BCUT2D eigenvalue weighted by molar-refractivity contribution is -0.138. The molecule has 176 valence electrons. The molecular formula is C25H25ClN4O3S. The smallest absolute Gasteiger partial charge is 0.230 e. The topological polar surface area (TPSA) is 88.8 Å². The molecule has 0 spiro atoms. The fourth-order valence-electron chi connectivity index (χ4n) is 5.40. The third-order valence-corrected chi connectivity index (χ3v) is 8.37. The number of aromatic nitrogens is 1. The van der Waals surface area contributed by atoms with Gasteiger partial charge in [0.05, 0.1) is 23.4 Å². The maximum Gasteiger partial charge on any atom is 0.230 e. The zero-order valence-corrected chi connectivity index (χ0v) is 20.2. The van der Waals surface area contributed by atoms with Crippen LogP contribution in [0, 0.1) is 0 Å². The van der Waals surface area contributed by atoms with E-state index in [4.69, 9.17) is 22.1 Å². The minimum Gasteiger partial charge on any atom is -0.493 e. The van der Waals surface area contributed by atoms with E-state index in [0.717, 1.165) is 63.5 Å². The molecule has 2 aromatic heterocycles. The first kappa shape index (κ1) is 22.0. The predicted octanol–water partition coefficient (Wildman–Crippen LogP) is 4.12. The van der Waals surface area contributed by atoms with Gasteiger partial charge in [0.1, 0.15) is 5.75 Å². The number of benzene rings is 1. The van der Waals surface area contributed by atoms with Crippen LogP contribution in [0.5, 0.6) is 5.75 Å². The molecule has 2 atom stereocenters. The number of likely N-dealkylation sites (tertiary alicyclic amines) is 2. The Morgan fingerprint density at radius 3 is 2.74 bits per heavy atom.